The molecule has 2 heterocycles. The summed E-state index contributed by atoms with van der Waals surface area (Å²) in [7, 11) is 2.96. The number of aromatic nitrogens is 4. The summed E-state index contributed by atoms with van der Waals surface area (Å²) in [5, 5.41) is 0.148. The van der Waals surface area contributed by atoms with Crippen molar-refractivity contribution in [2.45, 2.75) is 17.3 Å². The van der Waals surface area contributed by atoms with Gasteiger partial charge in [0, 0.05) is 26.6 Å². The summed E-state index contributed by atoms with van der Waals surface area (Å²) in [5.74, 6) is 0.0164. The Morgan fingerprint density at radius 1 is 1.30 bits per heavy atom. The number of hydrogen-bond acceptors (Lipinski definition) is 3. The lowest BCUT2D eigenvalue weighted by atomic mass is 10.4. The summed E-state index contributed by atoms with van der Waals surface area (Å²) < 4.78 is 3.11. The first-order valence-electron chi connectivity index (χ1n) is 5.93. The zero-order chi connectivity index (χ0) is 14.8. The minimum absolute atomic E-state index is 0.0164. The molecular weight excluding hydrogens is 327 g/mol. The summed E-state index contributed by atoms with van der Waals surface area (Å²) in [5.41, 5.74) is -0.328. The van der Waals surface area contributed by atoms with E-state index in [1.54, 1.807) is 11.6 Å². The van der Waals surface area contributed by atoms with Gasteiger partial charge >= 0.3 is 5.69 Å². The Morgan fingerprint density at radius 3 is 2.45 bits per heavy atom. The van der Waals surface area contributed by atoms with Crippen LogP contribution in [0.3, 0.4) is 0 Å². The molecule has 0 aliphatic heterocycles. The van der Waals surface area contributed by atoms with Gasteiger partial charge in [-0.1, -0.05) is 0 Å². The van der Waals surface area contributed by atoms with E-state index in [0.717, 1.165) is 4.57 Å². The Balaban J connectivity index is 2.26. The van der Waals surface area contributed by atoms with E-state index in [1.165, 1.54) is 11.6 Å². The third kappa shape index (κ3) is 1.89. The van der Waals surface area contributed by atoms with Crippen molar-refractivity contribution in [1.82, 2.24) is 18.7 Å². The molecule has 2 aromatic heterocycles. The summed E-state index contributed by atoms with van der Waals surface area (Å²) >= 11 is 18.1. The Kier molecular flexibility index (Phi) is 2.97. The van der Waals surface area contributed by atoms with Gasteiger partial charge in [-0.05, 0) is 18.0 Å². The van der Waals surface area contributed by atoms with Gasteiger partial charge in [0.1, 0.15) is 4.33 Å². The van der Waals surface area contributed by atoms with Crippen LogP contribution in [0.15, 0.2) is 9.59 Å². The van der Waals surface area contributed by atoms with Crippen molar-refractivity contribution in [2.24, 2.45) is 20.0 Å². The summed E-state index contributed by atoms with van der Waals surface area (Å²) in [4.78, 5) is 28.2. The molecule has 1 aliphatic carbocycles. The third-order valence-corrected chi connectivity index (χ3v) is 4.87. The van der Waals surface area contributed by atoms with E-state index in [2.05, 4.69) is 4.98 Å². The van der Waals surface area contributed by atoms with Gasteiger partial charge < -0.3 is 4.57 Å². The van der Waals surface area contributed by atoms with Gasteiger partial charge in [-0.3, -0.25) is 13.9 Å². The van der Waals surface area contributed by atoms with E-state index in [9.17, 15) is 9.59 Å². The van der Waals surface area contributed by atoms with Crippen LogP contribution < -0.4 is 11.2 Å². The Labute approximate surface area is 128 Å². The smallest absolute Gasteiger partial charge is 0.308 e. The van der Waals surface area contributed by atoms with Gasteiger partial charge in [0.2, 0.25) is 5.28 Å². The Bertz CT molecular complexity index is 833. The minimum atomic E-state index is -0.772. The van der Waals surface area contributed by atoms with Gasteiger partial charge in [-0.15, -0.1) is 23.2 Å². The molecule has 2 aromatic rings. The highest BCUT2D eigenvalue weighted by Crippen LogP contribution is 2.54. The maximum Gasteiger partial charge on any atom is 0.332 e. The van der Waals surface area contributed by atoms with E-state index < -0.39 is 15.6 Å². The van der Waals surface area contributed by atoms with Crippen LogP contribution in [0.25, 0.3) is 11.2 Å². The summed E-state index contributed by atoms with van der Waals surface area (Å²) in [6, 6.07) is 0. The molecule has 0 saturated heterocycles. The van der Waals surface area contributed by atoms with Crippen molar-refractivity contribution in [3.05, 3.63) is 26.1 Å². The van der Waals surface area contributed by atoms with Crippen molar-refractivity contribution in [3.63, 3.8) is 0 Å². The predicted octanol–water partition coefficient (Wildman–Crippen LogP) is 1.28. The monoisotopic (exact) mass is 336 g/mol. The van der Waals surface area contributed by atoms with Crippen molar-refractivity contribution in [2.75, 3.05) is 0 Å². The molecule has 20 heavy (non-hydrogen) atoms. The zero-order valence-corrected chi connectivity index (χ0v) is 13.0. The number of nitrogens with zero attached hydrogens (tertiary/aromatic N) is 4. The lowest BCUT2D eigenvalue weighted by molar-refractivity contribution is 0.629. The highest BCUT2D eigenvalue weighted by molar-refractivity contribution is 6.50. The van der Waals surface area contributed by atoms with Crippen LogP contribution in [0.5, 0.6) is 0 Å². The van der Waals surface area contributed by atoms with Crippen molar-refractivity contribution < 1.29 is 0 Å². The molecule has 1 aliphatic rings. The molecule has 3 rings (SSSR count). The SMILES string of the molecule is Cn1c(=O)c2c(nc(Cl)n2CC2CC2(Cl)Cl)n(C)c1=O. The number of halogens is 3. The molecule has 1 atom stereocenters. The van der Waals surface area contributed by atoms with E-state index >= 15 is 0 Å². The average Bonchev–Trinajstić information content (AvgIpc) is 2.84. The fraction of sp³-hybridized carbons (Fsp3) is 0.545. The molecule has 0 aromatic carbocycles. The van der Waals surface area contributed by atoms with Crippen LogP contribution in [0.2, 0.25) is 5.28 Å². The average molecular weight is 338 g/mol. The van der Waals surface area contributed by atoms with Crippen LogP contribution in [-0.2, 0) is 20.6 Å². The normalized spacial score (nSPS) is 20.6. The maximum absolute atomic E-state index is 12.3. The molecule has 0 amide bonds. The highest BCUT2D eigenvalue weighted by atomic mass is 35.5. The van der Waals surface area contributed by atoms with Gasteiger partial charge in [0.15, 0.2) is 11.2 Å². The largest absolute Gasteiger partial charge is 0.332 e. The molecule has 9 heteroatoms. The second-order valence-electron chi connectivity index (χ2n) is 5.03. The van der Waals surface area contributed by atoms with E-state index in [1.807, 2.05) is 0 Å². The molecule has 1 fully saturated rings. The van der Waals surface area contributed by atoms with Crippen LogP contribution >= 0.6 is 34.8 Å². The van der Waals surface area contributed by atoms with Crippen LogP contribution in [0, 0.1) is 5.92 Å². The number of imidazole rings is 1. The second-order valence-corrected chi connectivity index (χ2v) is 6.91. The van der Waals surface area contributed by atoms with Gasteiger partial charge in [-0.2, -0.15) is 4.98 Å². The van der Waals surface area contributed by atoms with Crippen LogP contribution in [-0.4, -0.2) is 23.0 Å². The van der Waals surface area contributed by atoms with E-state index in [-0.39, 0.29) is 22.4 Å². The first-order valence-corrected chi connectivity index (χ1v) is 7.07. The molecule has 0 spiro atoms. The van der Waals surface area contributed by atoms with Gasteiger partial charge in [0.25, 0.3) is 5.56 Å². The van der Waals surface area contributed by atoms with Crippen molar-refractivity contribution in [3.8, 4) is 0 Å². The first kappa shape index (κ1) is 14.0. The molecule has 0 N–H and O–H groups in total. The molecule has 108 valence electrons. The van der Waals surface area contributed by atoms with Gasteiger partial charge in [0.05, 0.1) is 0 Å². The van der Waals surface area contributed by atoms with Crippen molar-refractivity contribution >= 4 is 46.0 Å². The topological polar surface area (TPSA) is 61.8 Å². The zero-order valence-electron chi connectivity index (χ0n) is 10.7. The third-order valence-electron chi connectivity index (χ3n) is 3.66. The Hall–Kier alpha value is -0.980. The standard InChI is InChI=1S/C11H11Cl3N4O2/c1-16-7-6(8(19)17(2)10(16)20)18(9(12)15-7)4-5-3-11(5,13)14/h5H,3-4H2,1-2H3. The molecule has 6 nitrogen and oxygen atoms in total. The number of aryl methyl sites for hydroxylation is 1. The fourth-order valence-electron chi connectivity index (χ4n) is 2.27. The van der Waals surface area contributed by atoms with Crippen molar-refractivity contribution in [1.29, 1.82) is 0 Å². The number of rotatable bonds is 2. The molecular formula is C11H11Cl3N4O2. The molecule has 1 saturated carbocycles. The lowest BCUT2D eigenvalue weighted by Crippen LogP contribution is -2.37. The fourth-order valence-corrected chi connectivity index (χ4v) is 3.02. The minimum Gasteiger partial charge on any atom is -0.308 e. The predicted molar refractivity (Wildman–Crippen MR) is 77.8 cm³/mol. The second kappa shape index (κ2) is 4.26. The maximum atomic E-state index is 12.3. The van der Waals surface area contributed by atoms with Crippen LogP contribution in [0.1, 0.15) is 6.42 Å². The number of fused-ring (bicyclic) bond motifs is 1. The van der Waals surface area contributed by atoms with E-state index in [4.69, 9.17) is 34.8 Å². The molecule has 0 radical (unpaired) electrons. The highest BCUT2D eigenvalue weighted by Gasteiger charge is 2.52. The number of hydrogen-bond donors (Lipinski definition) is 0. The Morgan fingerprint density at radius 2 is 1.90 bits per heavy atom. The molecule has 0 bridgehead atoms. The first-order chi connectivity index (χ1) is 9.24. The quantitative estimate of drug-likeness (QED) is 0.613. The molecule has 1 unspecified atom stereocenters. The number of alkyl halides is 2. The van der Waals surface area contributed by atoms with E-state index in [0.29, 0.717) is 13.0 Å². The van der Waals surface area contributed by atoms with Gasteiger partial charge in [-0.25, -0.2) is 4.79 Å². The lowest BCUT2D eigenvalue weighted by Gasteiger charge is -2.07. The van der Waals surface area contributed by atoms with Crippen LogP contribution in [0.4, 0.5) is 0 Å². The summed E-state index contributed by atoms with van der Waals surface area (Å²) in [6.45, 7) is 0.399. The summed E-state index contributed by atoms with van der Waals surface area (Å²) in [6.07, 6.45) is 0.637.